The molecule has 0 aliphatic heterocycles. The van der Waals surface area contributed by atoms with Gasteiger partial charge >= 0.3 is 12.1 Å². The summed E-state index contributed by atoms with van der Waals surface area (Å²) >= 11 is 5.62. The van der Waals surface area contributed by atoms with Gasteiger partial charge in [-0.15, -0.1) is 0 Å². The van der Waals surface area contributed by atoms with Gasteiger partial charge in [-0.2, -0.15) is 18.3 Å². The van der Waals surface area contributed by atoms with E-state index >= 15 is 0 Å². The van der Waals surface area contributed by atoms with E-state index in [1.807, 2.05) is 0 Å². The number of nitrogens with one attached hydrogen (secondary N) is 1. The van der Waals surface area contributed by atoms with Crippen LogP contribution in [0.4, 0.5) is 13.2 Å². The van der Waals surface area contributed by atoms with Crippen molar-refractivity contribution >= 4 is 17.6 Å². The maximum Gasteiger partial charge on any atom is 0.416 e. The number of rotatable bonds is 2. The Morgan fingerprint density at radius 2 is 1.95 bits per heavy atom. The zero-order valence-electron chi connectivity index (χ0n) is 9.12. The van der Waals surface area contributed by atoms with Gasteiger partial charge in [-0.25, -0.2) is 4.79 Å². The minimum Gasteiger partial charge on any atom is -0.477 e. The lowest BCUT2D eigenvalue weighted by Gasteiger charge is -2.08. The van der Waals surface area contributed by atoms with Crippen LogP contribution < -0.4 is 0 Å². The van der Waals surface area contributed by atoms with Crippen LogP contribution in [0.2, 0.25) is 5.02 Å². The largest absolute Gasteiger partial charge is 0.477 e. The zero-order chi connectivity index (χ0) is 14.2. The van der Waals surface area contributed by atoms with Crippen LogP contribution in [0.15, 0.2) is 24.3 Å². The van der Waals surface area contributed by atoms with E-state index in [9.17, 15) is 18.0 Å². The number of alkyl halides is 3. The number of carbonyl (C=O) groups is 1. The topological polar surface area (TPSA) is 66.0 Å². The summed E-state index contributed by atoms with van der Waals surface area (Å²) in [4.78, 5) is 10.7. The predicted molar refractivity (Wildman–Crippen MR) is 61.0 cm³/mol. The molecule has 0 aliphatic carbocycles. The van der Waals surface area contributed by atoms with Crippen molar-refractivity contribution < 1.29 is 23.1 Å². The first-order chi connectivity index (χ1) is 8.77. The fourth-order valence-electron chi connectivity index (χ4n) is 1.48. The normalized spacial score (nSPS) is 11.6. The van der Waals surface area contributed by atoms with E-state index in [0.717, 1.165) is 18.2 Å². The summed E-state index contributed by atoms with van der Waals surface area (Å²) in [6, 6.07) is 4.05. The molecule has 0 atom stereocenters. The summed E-state index contributed by atoms with van der Waals surface area (Å²) in [6.45, 7) is 0. The fraction of sp³-hybridized carbons (Fsp3) is 0.0909. The van der Waals surface area contributed by atoms with Crippen LogP contribution in [-0.2, 0) is 6.18 Å². The van der Waals surface area contributed by atoms with Gasteiger partial charge in [0.25, 0.3) is 0 Å². The van der Waals surface area contributed by atoms with Gasteiger partial charge in [-0.05, 0) is 24.3 Å². The number of carboxylic acid groups (broad SMARTS) is 1. The van der Waals surface area contributed by atoms with E-state index in [2.05, 4.69) is 10.2 Å². The van der Waals surface area contributed by atoms with Crippen LogP contribution in [0.5, 0.6) is 0 Å². The summed E-state index contributed by atoms with van der Waals surface area (Å²) < 4.78 is 37.8. The van der Waals surface area contributed by atoms with E-state index in [1.54, 1.807) is 0 Å². The van der Waals surface area contributed by atoms with Crippen molar-refractivity contribution in [1.82, 2.24) is 10.2 Å². The van der Waals surface area contributed by atoms with Crippen LogP contribution in [0.3, 0.4) is 0 Å². The molecule has 0 amide bonds. The number of hydrogen-bond donors (Lipinski definition) is 2. The number of aromatic carboxylic acids is 1. The molecule has 0 spiro atoms. The Hall–Kier alpha value is -2.02. The van der Waals surface area contributed by atoms with Crippen molar-refractivity contribution in [3.63, 3.8) is 0 Å². The molecular weight excluding hydrogens is 285 g/mol. The van der Waals surface area contributed by atoms with Crippen molar-refractivity contribution in [2.45, 2.75) is 6.18 Å². The van der Waals surface area contributed by atoms with Crippen LogP contribution in [0, 0.1) is 0 Å². The van der Waals surface area contributed by atoms with Crippen molar-refractivity contribution in [2.75, 3.05) is 0 Å². The number of aromatic nitrogens is 2. The monoisotopic (exact) mass is 290 g/mol. The second-order valence-electron chi connectivity index (χ2n) is 3.70. The number of H-pyrrole nitrogens is 1. The minimum absolute atomic E-state index is 0.0744. The van der Waals surface area contributed by atoms with Gasteiger partial charge < -0.3 is 5.11 Å². The Labute approximate surface area is 109 Å². The van der Waals surface area contributed by atoms with Crippen molar-refractivity contribution in [3.05, 3.63) is 40.5 Å². The lowest BCUT2D eigenvalue weighted by Crippen LogP contribution is -2.04. The highest BCUT2D eigenvalue weighted by molar-refractivity contribution is 6.31. The molecule has 0 bridgehead atoms. The van der Waals surface area contributed by atoms with Crippen LogP contribution in [-0.4, -0.2) is 21.3 Å². The van der Waals surface area contributed by atoms with Crippen LogP contribution in [0.25, 0.3) is 11.3 Å². The third kappa shape index (κ3) is 2.87. The first-order valence-corrected chi connectivity index (χ1v) is 5.32. The van der Waals surface area contributed by atoms with Gasteiger partial charge in [0.1, 0.15) is 5.69 Å². The van der Waals surface area contributed by atoms with Gasteiger partial charge in [-0.3, -0.25) is 5.10 Å². The molecule has 1 aromatic heterocycles. The Morgan fingerprint density at radius 1 is 1.26 bits per heavy atom. The molecule has 2 rings (SSSR count). The van der Waals surface area contributed by atoms with E-state index in [0.29, 0.717) is 0 Å². The van der Waals surface area contributed by atoms with Crippen molar-refractivity contribution in [1.29, 1.82) is 0 Å². The molecule has 2 aromatic rings. The summed E-state index contributed by atoms with van der Waals surface area (Å²) in [7, 11) is 0. The SMILES string of the molecule is O=C(O)c1cc(-c2cc(Cl)cc(C(F)(F)F)c2)n[nH]1. The van der Waals surface area contributed by atoms with Crippen LogP contribution in [0.1, 0.15) is 16.1 Å². The number of benzene rings is 1. The average Bonchev–Trinajstić information content (AvgIpc) is 2.76. The minimum atomic E-state index is -4.54. The zero-order valence-corrected chi connectivity index (χ0v) is 9.88. The summed E-state index contributed by atoms with van der Waals surface area (Å²) in [5.41, 5.74) is -0.979. The Balaban J connectivity index is 2.50. The molecule has 0 fully saturated rings. The number of halogens is 4. The molecule has 0 unspecified atom stereocenters. The molecule has 100 valence electrons. The number of carboxylic acids is 1. The number of nitrogens with zero attached hydrogens (tertiary/aromatic N) is 1. The third-order valence-corrected chi connectivity index (χ3v) is 2.55. The summed E-state index contributed by atoms with van der Waals surface area (Å²) in [5.74, 6) is -1.25. The standard InChI is InChI=1S/C11H6ClF3N2O2/c12-7-2-5(1-6(3-7)11(13,14)15)8-4-9(10(18)19)17-16-8/h1-4H,(H,16,17)(H,18,19). The van der Waals surface area contributed by atoms with Gasteiger partial charge in [0.2, 0.25) is 0 Å². The smallest absolute Gasteiger partial charge is 0.416 e. The van der Waals surface area contributed by atoms with E-state index < -0.39 is 17.7 Å². The third-order valence-electron chi connectivity index (χ3n) is 2.33. The van der Waals surface area contributed by atoms with Crippen LogP contribution >= 0.6 is 11.6 Å². The lowest BCUT2D eigenvalue weighted by atomic mass is 10.1. The van der Waals surface area contributed by atoms with Crippen molar-refractivity contribution in [2.24, 2.45) is 0 Å². The molecule has 19 heavy (non-hydrogen) atoms. The molecule has 4 nitrogen and oxygen atoms in total. The number of hydrogen-bond acceptors (Lipinski definition) is 2. The molecular formula is C11H6ClF3N2O2. The van der Waals surface area contributed by atoms with Gasteiger partial charge in [-0.1, -0.05) is 11.6 Å². The average molecular weight is 291 g/mol. The highest BCUT2D eigenvalue weighted by Gasteiger charge is 2.31. The first-order valence-electron chi connectivity index (χ1n) is 4.94. The molecule has 8 heteroatoms. The quantitative estimate of drug-likeness (QED) is 0.890. The molecule has 0 aliphatic rings. The molecule has 1 heterocycles. The molecule has 2 N–H and O–H groups in total. The van der Waals surface area contributed by atoms with E-state index in [1.165, 1.54) is 6.07 Å². The summed E-state index contributed by atoms with van der Waals surface area (Å²) in [5, 5.41) is 14.4. The van der Waals surface area contributed by atoms with E-state index in [4.69, 9.17) is 16.7 Å². The van der Waals surface area contributed by atoms with Gasteiger partial charge in [0, 0.05) is 10.6 Å². The molecule has 0 radical (unpaired) electrons. The maximum atomic E-state index is 12.6. The predicted octanol–water partition coefficient (Wildman–Crippen LogP) is 3.45. The van der Waals surface area contributed by atoms with E-state index in [-0.39, 0.29) is 22.0 Å². The Morgan fingerprint density at radius 3 is 2.47 bits per heavy atom. The highest BCUT2D eigenvalue weighted by Crippen LogP contribution is 2.34. The first kappa shape index (κ1) is 13.4. The molecule has 0 saturated carbocycles. The van der Waals surface area contributed by atoms with Crippen molar-refractivity contribution in [3.8, 4) is 11.3 Å². The number of aromatic amines is 1. The molecule has 1 aromatic carbocycles. The highest BCUT2D eigenvalue weighted by atomic mass is 35.5. The lowest BCUT2D eigenvalue weighted by molar-refractivity contribution is -0.137. The Kier molecular flexibility index (Phi) is 3.23. The maximum absolute atomic E-state index is 12.6. The summed E-state index contributed by atoms with van der Waals surface area (Å²) in [6.07, 6.45) is -4.54. The second kappa shape index (κ2) is 4.58. The second-order valence-corrected chi connectivity index (χ2v) is 4.13. The fourth-order valence-corrected chi connectivity index (χ4v) is 1.72. The molecule has 0 saturated heterocycles. The van der Waals surface area contributed by atoms with Gasteiger partial charge in [0.15, 0.2) is 0 Å². The Bertz CT molecular complexity index is 637. The van der Waals surface area contributed by atoms with Gasteiger partial charge in [0.05, 0.1) is 11.3 Å².